The Hall–Kier alpha value is -1.82. The second-order valence-corrected chi connectivity index (χ2v) is 4.45. The average Bonchev–Trinajstić information content (AvgIpc) is 2.65. The number of aryl methyl sites for hydroxylation is 1. The van der Waals surface area contributed by atoms with Crippen molar-refractivity contribution < 1.29 is 19.1 Å². The molecule has 0 bridgehead atoms. The second-order valence-electron chi connectivity index (χ2n) is 3.47. The van der Waals surface area contributed by atoms with Crippen LogP contribution < -0.4 is 9.68 Å². The van der Waals surface area contributed by atoms with Gasteiger partial charge in [-0.05, 0) is 24.1 Å². The summed E-state index contributed by atoms with van der Waals surface area (Å²) in [6.45, 7) is 0. The summed E-state index contributed by atoms with van der Waals surface area (Å²) in [5.41, 5.74) is 1.23. The quantitative estimate of drug-likeness (QED) is 0.901. The first-order chi connectivity index (χ1) is 8.10. The highest BCUT2D eigenvalue weighted by atomic mass is 32.1. The van der Waals surface area contributed by atoms with E-state index in [1.54, 1.807) is 12.1 Å². The fourth-order valence-electron chi connectivity index (χ4n) is 1.55. The first-order valence-corrected chi connectivity index (χ1v) is 5.74. The molecule has 90 valence electrons. The van der Waals surface area contributed by atoms with Crippen LogP contribution in [0.15, 0.2) is 21.3 Å². The number of carboxylic acid groups (broad SMARTS) is 1. The number of carboxylic acids is 1. The van der Waals surface area contributed by atoms with E-state index in [1.165, 1.54) is 7.11 Å². The number of ether oxygens (including phenoxy) is 1. The molecule has 0 unspecified atom stereocenters. The van der Waals surface area contributed by atoms with Crippen LogP contribution in [0, 0.1) is 0 Å². The summed E-state index contributed by atoms with van der Waals surface area (Å²) < 4.78 is 10.8. The molecule has 6 heteroatoms. The summed E-state index contributed by atoms with van der Waals surface area (Å²) in [5.74, 6) is -0.398. The van der Waals surface area contributed by atoms with E-state index < -0.39 is 10.9 Å². The van der Waals surface area contributed by atoms with Gasteiger partial charge in [-0.15, -0.1) is 0 Å². The summed E-state index contributed by atoms with van der Waals surface area (Å²) in [5, 5.41) is 8.62. The van der Waals surface area contributed by atoms with Crippen LogP contribution in [0.1, 0.15) is 12.0 Å². The van der Waals surface area contributed by atoms with Gasteiger partial charge >= 0.3 is 10.9 Å². The van der Waals surface area contributed by atoms with Gasteiger partial charge in [0.2, 0.25) is 0 Å². The smallest absolute Gasteiger partial charge is 0.396 e. The first-order valence-electron chi connectivity index (χ1n) is 4.92. The SMILES string of the molecule is COc1cc(CCC(=O)O)cc2sc(=O)oc12. The van der Waals surface area contributed by atoms with Crippen molar-refractivity contribution in [3.05, 3.63) is 27.4 Å². The molecule has 0 spiro atoms. The van der Waals surface area contributed by atoms with E-state index in [0.717, 1.165) is 16.9 Å². The molecule has 0 aliphatic heterocycles. The molecular formula is C11H10O5S. The zero-order valence-corrected chi connectivity index (χ0v) is 9.87. The number of hydrogen-bond acceptors (Lipinski definition) is 5. The molecule has 0 aliphatic carbocycles. The van der Waals surface area contributed by atoms with Crippen molar-refractivity contribution >= 4 is 27.6 Å². The van der Waals surface area contributed by atoms with Crippen molar-refractivity contribution in [2.75, 3.05) is 7.11 Å². The number of aliphatic carboxylic acids is 1. The van der Waals surface area contributed by atoms with E-state index >= 15 is 0 Å². The molecule has 0 saturated carbocycles. The van der Waals surface area contributed by atoms with E-state index in [2.05, 4.69) is 0 Å². The van der Waals surface area contributed by atoms with Crippen molar-refractivity contribution in [1.82, 2.24) is 0 Å². The molecule has 5 nitrogen and oxygen atoms in total. The Bertz CT molecular complexity index is 610. The molecule has 0 amide bonds. The van der Waals surface area contributed by atoms with Crippen LogP contribution in [0.25, 0.3) is 10.3 Å². The van der Waals surface area contributed by atoms with E-state index in [4.69, 9.17) is 14.3 Å². The molecule has 1 N–H and O–H groups in total. The summed E-state index contributed by atoms with van der Waals surface area (Å²) in [4.78, 5) is 21.2. The lowest BCUT2D eigenvalue weighted by Crippen LogP contribution is -1.97. The van der Waals surface area contributed by atoms with Gasteiger partial charge in [0.25, 0.3) is 0 Å². The normalized spacial score (nSPS) is 10.6. The molecule has 2 aromatic rings. The van der Waals surface area contributed by atoms with Crippen LogP contribution >= 0.6 is 11.3 Å². The number of fused-ring (bicyclic) bond motifs is 1. The van der Waals surface area contributed by atoms with Crippen LogP contribution in [-0.4, -0.2) is 18.2 Å². The zero-order valence-electron chi connectivity index (χ0n) is 9.06. The lowest BCUT2D eigenvalue weighted by Gasteiger charge is -2.03. The largest absolute Gasteiger partial charge is 0.493 e. The van der Waals surface area contributed by atoms with Crippen LogP contribution in [0.3, 0.4) is 0 Å². The van der Waals surface area contributed by atoms with Gasteiger partial charge in [-0.25, -0.2) is 4.79 Å². The topological polar surface area (TPSA) is 76.7 Å². The molecule has 1 aromatic carbocycles. The Morgan fingerprint density at radius 1 is 1.53 bits per heavy atom. The van der Waals surface area contributed by atoms with Crippen LogP contribution in [-0.2, 0) is 11.2 Å². The molecule has 0 aliphatic rings. The Morgan fingerprint density at radius 2 is 2.29 bits per heavy atom. The highest BCUT2D eigenvalue weighted by molar-refractivity contribution is 7.16. The lowest BCUT2D eigenvalue weighted by molar-refractivity contribution is -0.136. The van der Waals surface area contributed by atoms with Crippen molar-refractivity contribution in [3.63, 3.8) is 0 Å². The monoisotopic (exact) mass is 254 g/mol. The number of rotatable bonds is 4. The Balaban J connectivity index is 2.44. The van der Waals surface area contributed by atoms with Crippen LogP contribution in [0.5, 0.6) is 5.75 Å². The molecule has 0 atom stereocenters. The summed E-state index contributed by atoms with van der Waals surface area (Å²) >= 11 is 0.980. The predicted octanol–water partition coefficient (Wildman–Crippen LogP) is 1.88. The summed E-state index contributed by atoms with van der Waals surface area (Å²) in [7, 11) is 1.48. The standard InChI is InChI=1S/C11H10O5S/c1-15-7-4-6(2-3-9(12)13)5-8-10(7)16-11(14)17-8/h4-5H,2-3H2,1H3,(H,12,13). The van der Waals surface area contributed by atoms with Gasteiger partial charge in [-0.1, -0.05) is 11.3 Å². The Kier molecular flexibility index (Phi) is 3.14. The maximum atomic E-state index is 11.1. The van der Waals surface area contributed by atoms with Gasteiger partial charge in [-0.2, -0.15) is 0 Å². The highest BCUT2D eigenvalue weighted by Gasteiger charge is 2.11. The predicted molar refractivity (Wildman–Crippen MR) is 62.9 cm³/mol. The fraction of sp³-hybridized carbons (Fsp3) is 0.273. The third-order valence-corrected chi connectivity index (χ3v) is 3.08. The summed E-state index contributed by atoms with van der Waals surface area (Å²) in [6.07, 6.45) is 0.440. The third kappa shape index (κ3) is 2.47. The van der Waals surface area contributed by atoms with E-state index in [1.807, 2.05) is 0 Å². The van der Waals surface area contributed by atoms with E-state index in [-0.39, 0.29) is 6.42 Å². The molecule has 1 heterocycles. The minimum Gasteiger partial charge on any atom is -0.493 e. The first kappa shape index (κ1) is 11.7. The van der Waals surface area contributed by atoms with Gasteiger partial charge in [0, 0.05) is 6.42 Å². The molecular weight excluding hydrogens is 244 g/mol. The number of carbonyl (C=O) groups is 1. The third-order valence-electron chi connectivity index (χ3n) is 2.31. The van der Waals surface area contributed by atoms with Crippen molar-refractivity contribution in [1.29, 1.82) is 0 Å². The Labute approximate surface area is 100 Å². The van der Waals surface area contributed by atoms with Gasteiger partial charge in [0.15, 0.2) is 11.3 Å². The molecule has 2 rings (SSSR count). The van der Waals surface area contributed by atoms with Gasteiger partial charge < -0.3 is 14.3 Å². The molecule has 17 heavy (non-hydrogen) atoms. The molecule has 0 radical (unpaired) electrons. The molecule has 1 aromatic heterocycles. The lowest BCUT2D eigenvalue weighted by atomic mass is 10.1. The van der Waals surface area contributed by atoms with Crippen LogP contribution in [0.2, 0.25) is 0 Å². The number of methoxy groups -OCH3 is 1. The maximum absolute atomic E-state index is 11.1. The minimum absolute atomic E-state index is 0.0431. The minimum atomic E-state index is -0.857. The Morgan fingerprint density at radius 3 is 2.94 bits per heavy atom. The average molecular weight is 254 g/mol. The van der Waals surface area contributed by atoms with Crippen molar-refractivity contribution in [2.24, 2.45) is 0 Å². The molecule has 0 saturated heterocycles. The van der Waals surface area contributed by atoms with Gasteiger partial charge in [0.1, 0.15) is 0 Å². The number of benzene rings is 1. The molecule has 0 fully saturated rings. The van der Waals surface area contributed by atoms with E-state index in [9.17, 15) is 9.59 Å². The summed E-state index contributed by atoms with van der Waals surface area (Å²) in [6, 6.07) is 3.46. The fourth-order valence-corrected chi connectivity index (χ4v) is 2.30. The number of hydrogen-bond donors (Lipinski definition) is 1. The van der Waals surface area contributed by atoms with Crippen molar-refractivity contribution in [2.45, 2.75) is 12.8 Å². The maximum Gasteiger partial charge on any atom is 0.396 e. The van der Waals surface area contributed by atoms with Gasteiger partial charge in [-0.3, -0.25) is 4.79 Å². The zero-order chi connectivity index (χ0) is 12.4. The highest BCUT2D eigenvalue weighted by Crippen LogP contribution is 2.29. The van der Waals surface area contributed by atoms with Crippen molar-refractivity contribution in [3.8, 4) is 5.75 Å². The van der Waals surface area contributed by atoms with E-state index in [0.29, 0.717) is 22.5 Å². The van der Waals surface area contributed by atoms with Gasteiger partial charge in [0.05, 0.1) is 11.8 Å². The van der Waals surface area contributed by atoms with Crippen LogP contribution in [0.4, 0.5) is 0 Å². The second kappa shape index (κ2) is 4.58.